The van der Waals surface area contributed by atoms with Crippen molar-refractivity contribution in [3.05, 3.63) is 12.2 Å². The Kier molecular flexibility index (Phi) is 9.20. The van der Waals surface area contributed by atoms with E-state index in [1.165, 1.54) is 44.8 Å². The predicted octanol–water partition coefficient (Wildman–Crippen LogP) is 9.40. The molecule has 0 aromatic heterocycles. The molecule has 0 saturated heterocycles. The van der Waals surface area contributed by atoms with Crippen LogP contribution in [0.15, 0.2) is 12.2 Å². The summed E-state index contributed by atoms with van der Waals surface area (Å²) in [7, 11) is 1.39. The molecule has 5 saturated carbocycles. The highest BCUT2D eigenvalue weighted by atomic mass is 16.5. The minimum Gasteiger partial charge on any atom is -0.481 e. The van der Waals surface area contributed by atoms with E-state index in [1.807, 2.05) is 13.8 Å². The zero-order valence-corrected chi connectivity index (χ0v) is 30.6. The highest BCUT2D eigenvalue weighted by Gasteiger charge is 2.71. The molecule has 0 amide bonds. The molecule has 0 heterocycles. The van der Waals surface area contributed by atoms with Gasteiger partial charge in [0.15, 0.2) is 0 Å². The number of carbonyl (C=O) groups is 3. The minimum atomic E-state index is -0.657. The average molecular weight is 641 g/mol. The van der Waals surface area contributed by atoms with Crippen LogP contribution in [-0.4, -0.2) is 36.2 Å². The summed E-state index contributed by atoms with van der Waals surface area (Å²) in [5, 5.41) is 9.69. The lowest BCUT2D eigenvalue weighted by atomic mass is 9.32. The number of allylic oxidation sites excluding steroid dienone is 1. The number of esters is 2. The van der Waals surface area contributed by atoms with Crippen LogP contribution in [0.1, 0.15) is 145 Å². The molecule has 0 bridgehead atoms. The molecule has 0 aliphatic heterocycles. The number of fused-ring (bicyclic) bond motifs is 7. The molecule has 5 aliphatic carbocycles. The molecule has 260 valence electrons. The standard InChI is InChI=1S/C40H64O6/c1-25(2)26-13-19-40(20-16-31(41)42)22-21-38(8)27(34(26)40)11-12-29-37(7)17-15-30(36(5,6)28(37)14-18-39(29,38)9)46-33(44)24-35(3,4)23-32(43)45-10/h26-30,34H,1,11-24H2,2-10H3,(H,41,42)/t26-,27+,28-,29?,30-,34+,37-,38+,39+,40-/m0/s1. The fourth-order valence-electron chi connectivity index (χ4n) is 13.4. The molecular formula is C40H64O6. The van der Waals surface area contributed by atoms with Gasteiger partial charge in [0.25, 0.3) is 0 Å². The molecule has 0 spiro atoms. The lowest BCUT2D eigenvalue weighted by molar-refractivity contribution is -0.250. The maximum atomic E-state index is 13.3. The van der Waals surface area contributed by atoms with Gasteiger partial charge in [0, 0.05) is 11.8 Å². The van der Waals surface area contributed by atoms with E-state index < -0.39 is 11.4 Å². The Morgan fingerprint density at radius 1 is 0.826 bits per heavy atom. The first-order valence-corrected chi connectivity index (χ1v) is 18.4. The van der Waals surface area contributed by atoms with E-state index in [0.717, 1.165) is 38.5 Å². The first-order valence-electron chi connectivity index (χ1n) is 18.4. The summed E-state index contributed by atoms with van der Waals surface area (Å²) in [5.41, 5.74) is 1.43. The van der Waals surface area contributed by atoms with Crippen LogP contribution in [0.2, 0.25) is 0 Å². The van der Waals surface area contributed by atoms with Crippen molar-refractivity contribution < 1.29 is 29.0 Å². The normalized spacial score (nSPS) is 42.9. The van der Waals surface area contributed by atoms with E-state index in [2.05, 4.69) is 48.1 Å². The molecule has 6 heteroatoms. The molecule has 46 heavy (non-hydrogen) atoms. The summed E-state index contributed by atoms with van der Waals surface area (Å²) < 4.78 is 11.2. The topological polar surface area (TPSA) is 89.9 Å². The Balaban J connectivity index is 1.37. The first-order chi connectivity index (χ1) is 21.3. The molecule has 0 aromatic rings. The van der Waals surface area contributed by atoms with Crippen LogP contribution in [0.5, 0.6) is 0 Å². The number of carbonyl (C=O) groups excluding carboxylic acids is 2. The molecule has 5 aliphatic rings. The summed E-state index contributed by atoms with van der Waals surface area (Å²) in [6.45, 7) is 23.1. The van der Waals surface area contributed by atoms with Crippen molar-refractivity contribution in [2.45, 2.75) is 151 Å². The Morgan fingerprint density at radius 3 is 2.13 bits per heavy atom. The molecule has 5 fully saturated rings. The second kappa shape index (κ2) is 11.9. The Hall–Kier alpha value is -1.85. The van der Waals surface area contributed by atoms with Crippen molar-refractivity contribution in [2.75, 3.05) is 7.11 Å². The van der Waals surface area contributed by atoms with Gasteiger partial charge in [-0.15, -0.1) is 0 Å². The van der Waals surface area contributed by atoms with Crippen molar-refractivity contribution in [2.24, 2.45) is 62.1 Å². The Labute approximate surface area is 279 Å². The van der Waals surface area contributed by atoms with Gasteiger partial charge in [0.2, 0.25) is 0 Å². The van der Waals surface area contributed by atoms with E-state index in [-0.39, 0.29) is 64.4 Å². The number of rotatable bonds is 9. The fraction of sp³-hybridized carbons (Fsp3) is 0.875. The van der Waals surface area contributed by atoms with Gasteiger partial charge in [-0.1, -0.05) is 60.6 Å². The van der Waals surface area contributed by atoms with E-state index in [9.17, 15) is 19.5 Å². The highest BCUT2D eigenvalue weighted by molar-refractivity contribution is 5.74. The van der Waals surface area contributed by atoms with Gasteiger partial charge >= 0.3 is 17.9 Å². The van der Waals surface area contributed by atoms with E-state index in [4.69, 9.17) is 9.47 Å². The predicted molar refractivity (Wildman–Crippen MR) is 181 cm³/mol. The lowest BCUT2D eigenvalue weighted by Gasteiger charge is -2.73. The van der Waals surface area contributed by atoms with E-state index in [0.29, 0.717) is 29.6 Å². The third kappa shape index (κ3) is 5.57. The van der Waals surface area contributed by atoms with Crippen LogP contribution in [0.3, 0.4) is 0 Å². The molecule has 6 nitrogen and oxygen atoms in total. The van der Waals surface area contributed by atoms with Gasteiger partial charge in [0.1, 0.15) is 6.10 Å². The molecule has 10 atom stereocenters. The lowest BCUT2D eigenvalue weighted by Crippen LogP contribution is -2.66. The molecule has 1 N–H and O–H groups in total. The largest absolute Gasteiger partial charge is 0.481 e. The number of carboxylic acids is 1. The first kappa shape index (κ1) is 35.5. The third-order valence-electron chi connectivity index (χ3n) is 15.8. The second-order valence-corrected chi connectivity index (χ2v) is 18.9. The molecular weight excluding hydrogens is 576 g/mol. The maximum Gasteiger partial charge on any atom is 0.306 e. The highest BCUT2D eigenvalue weighted by Crippen LogP contribution is 2.78. The van der Waals surface area contributed by atoms with Gasteiger partial charge < -0.3 is 14.6 Å². The number of methoxy groups -OCH3 is 1. The van der Waals surface area contributed by atoms with Crippen LogP contribution in [0.25, 0.3) is 0 Å². The SMILES string of the molecule is C=C(C)[C@@H]1CC[C@]2(CCC(=O)O)CC[C@]3(C)[C@H](CCC4[C@@]5(C)CC[C@H](OC(=O)CC(C)(C)CC(=O)OC)C(C)(C)[C@@H]5CC[C@]43C)[C@@H]12. The second-order valence-electron chi connectivity index (χ2n) is 18.9. The quantitative estimate of drug-likeness (QED) is 0.199. The van der Waals surface area contributed by atoms with Crippen LogP contribution in [0.4, 0.5) is 0 Å². The van der Waals surface area contributed by atoms with Crippen molar-refractivity contribution >= 4 is 17.9 Å². The van der Waals surface area contributed by atoms with Crippen molar-refractivity contribution in [3.8, 4) is 0 Å². The summed E-state index contributed by atoms with van der Waals surface area (Å²) in [6.07, 6.45) is 12.8. The molecule has 1 unspecified atom stereocenters. The van der Waals surface area contributed by atoms with Gasteiger partial charge in [-0.05, 0) is 134 Å². The van der Waals surface area contributed by atoms with Gasteiger partial charge in [-0.2, -0.15) is 0 Å². The van der Waals surface area contributed by atoms with Crippen molar-refractivity contribution in [1.29, 1.82) is 0 Å². The molecule has 0 radical (unpaired) electrons. The number of hydrogen-bond donors (Lipinski definition) is 1. The summed E-state index contributed by atoms with van der Waals surface area (Å²) >= 11 is 0. The maximum absolute atomic E-state index is 13.3. The Morgan fingerprint density at radius 2 is 1.50 bits per heavy atom. The van der Waals surface area contributed by atoms with Crippen molar-refractivity contribution in [1.82, 2.24) is 0 Å². The summed E-state index contributed by atoms with van der Waals surface area (Å²) in [6, 6.07) is 0. The van der Waals surface area contributed by atoms with Crippen LogP contribution < -0.4 is 0 Å². The molecule has 0 aromatic carbocycles. The monoisotopic (exact) mass is 640 g/mol. The minimum absolute atomic E-state index is 0.123. The van der Waals surface area contributed by atoms with Gasteiger partial charge in [0.05, 0.1) is 20.0 Å². The van der Waals surface area contributed by atoms with Gasteiger partial charge in [-0.25, -0.2) is 0 Å². The Bertz CT molecular complexity index is 1230. The number of hydrogen-bond acceptors (Lipinski definition) is 5. The van der Waals surface area contributed by atoms with E-state index >= 15 is 0 Å². The van der Waals surface area contributed by atoms with Crippen molar-refractivity contribution in [3.63, 3.8) is 0 Å². The number of ether oxygens (including phenoxy) is 2. The van der Waals surface area contributed by atoms with Crippen LogP contribution in [0, 0.1) is 62.1 Å². The van der Waals surface area contributed by atoms with Crippen LogP contribution >= 0.6 is 0 Å². The van der Waals surface area contributed by atoms with Crippen LogP contribution in [-0.2, 0) is 23.9 Å². The molecule has 5 rings (SSSR count). The zero-order chi connectivity index (χ0) is 34.1. The third-order valence-corrected chi connectivity index (χ3v) is 15.8. The fourth-order valence-corrected chi connectivity index (χ4v) is 13.4. The summed E-state index contributed by atoms with van der Waals surface area (Å²) in [4.78, 5) is 37.0. The number of carboxylic acid groups (broad SMARTS) is 1. The zero-order valence-electron chi connectivity index (χ0n) is 30.6. The van der Waals surface area contributed by atoms with E-state index in [1.54, 1.807) is 0 Å². The summed E-state index contributed by atoms with van der Waals surface area (Å²) in [5.74, 6) is 1.59. The van der Waals surface area contributed by atoms with Gasteiger partial charge in [-0.3, -0.25) is 14.4 Å². The smallest absolute Gasteiger partial charge is 0.306 e. The average Bonchev–Trinajstić information content (AvgIpc) is 3.33. The number of aliphatic carboxylic acids is 1.